The molecule has 6 nitrogen and oxygen atoms in total. The summed E-state index contributed by atoms with van der Waals surface area (Å²) in [7, 11) is 1.51. The summed E-state index contributed by atoms with van der Waals surface area (Å²) >= 11 is 5.87. The molecule has 0 aliphatic carbocycles. The van der Waals surface area contributed by atoms with E-state index in [-0.39, 0.29) is 22.2 Å². The fourth-order valence-corrected chi connectivity index (χ4v) is 1.79. The molecule has 2 aromatic rings. The summed E-state index contributed by atoms with van der Waals surface area (Å²) in [6, 6.07) is 5.99. The lowest BCUT2D eigenvalue weighted by molar-refractivity contribution is 0.0697. The quantitative estimate of drug-likeness (QED) is 0.893. The summed E-state index contributed by atoms with van der Waals surface area (Å²) in [4.78, 5) is 22.2. The van der Waals surface area contributed by atoms with Crippen LogP contribution < -0.4 is 5.32 Å². The second kappa shape index (κ2) is 5.11. The van der Waals surface area contributed by atoms with Gasteiger partial charge in [-0.05, 0) is 24.3 Å². The summed E-state index contributed by atoms with van der Waals surface area (Å²) in [6.07, 6.45) is 1.59. The van der Waals surface area contributed by atoms with Crippen LogP contribution in [-0.4, -0.2) is 33.8 Å². The van der Waals surface area contributed by atoms with E-state index in [4.69, 9.17) is 16.7 Å². The van der Waals surface area contributed by atoms with Gasteiger partial charge in [-0.2, -0.15) is 5.10 Å². The van der Waals surface area contributed by atoms with Gasteiger partial charge in [0.25, 0.3) is 5.91 Å². The molecule has 2 rings (SSSR count). The number of carbonyl (C=O) groups excluding carboxylic acids is 1. The molecule has 0 saturated carbocycles. The molecule has 0 aliphatic rings. The lowest BCUT2D eigenvalue weighted by atomic mass is 10.2. The number of carboxylic acids is 1. The summed E-state index contributed by atoms with van der Waals surface area (Å²) in [5.41, 5.74) is 0.857. The highest BCUT2D eigenvalue weighted by molar-refractivity contribution is 6.33. The highest BCUT2D eigenvalue weighted by Gasteiger charge is 2.11. The first-order valence-electron chi connectivity index (χ1n) is 5.34. The molecule has 98 valence electrons. The predicted molar refractivity (Wildman–Crippen MR) is 68.9 cm³/mol. The largest absolute Gasteiger partial charge is 0.478 e. The van der Waals surface area contributed by atoms with E-state index >= 15 is 0 Å². The maximum absolute atomic E-state index is 11.4. The van der Waals surface area contributed by atoms with E-state index in [0.717, 1.165) is 0 Å². The fraction of sp³-hybridized carbons (Fsp3) is 0.0833. The van der Waals surface area contributed by atoms with E-state index in [1.165, 1.54) is 23.9 Å². The van der Waals surface area contributed by atoms with Crippen molar-refractivity contribution in [1.82, 2.24) is 15.1 Å². The van der Waals surface area contributed by atoms with Crippen molar-refractivity contribution >= 4 is 23.5 Å². The van der Waals surface area contributed by atoms with Crippen molar-refractivity contribution in [3.63, 3.8) is 0 Å². The van der Waals surface area contributed by atoms with Crippen LogP contribution in [0.1, 0.15) is 20.8 Å². The van der Waals surface area contributed by atoms with Crippen LogP contribution in [0.5, 0.6) is 0 Å². The Balaban J connectivity index is 2.37. The molecule has 0 spiro atoms. The number of carbonyl (C=O) groups is 2. The van der Waals surface area contributed by atoms with Gasteiger partial charge in [0.05, 0.1) is 16.3 Å². The molecule has 0 radical (unpaired) electrons. The minimum absolute atomic E-state index is 0.0177. The second-order valence-corrected chi connectivity index (χ2v) is 4.10. The molecule has 0 atom stereocenters. The van der Waals surface area contributed by atoms with Crippen molar-refractivity contribution in [2.45, 2.75) is 0 Å². The van der Waals surface area contributed by atoms with E-state index in [1.807, 2.05) is 0 Å². The van der Waals surface area contributed by atoms with Gasteiger partial charge >= 0.3 is 5.97 Å². The minimum atomic E-state index is -1.09. The predicted octanol–water partition coefficient (Wildman–Crippen LogP) is 1.58. The number of benzene rings is 1. The summed E-state index contributed by atoms with van der Waals surface area (Å²) in [5, 5.41) is 15.5. The third kappa shape index (κ3) is 2.58. The Bertz CT molecular complexity index is 651. The second-order valence-electron chi connectivity index (χ2n) is 3.69. The molecular formula is C12H10ClN3O3. The lowest BCUT2D eigenvalue weighted by Gasteiger charge is -2.04. The van der Waals surface area contributed by atoms with Gasteiger partial charge in [-0.25, -0.2) is 9.48 Å². The molecule has 19 heavy (non-hydrogen) atoms. The highest BCUT2D eigenvalue weighted by atomic mass is 35.5. The zero-order chi connectivity index (χ0) is 14.0. The van der Waals surface area contributed by atoms with E-state index in [1.54, 1.807) is 18.3 Å². The third-order valence-electron chi connectivity index (χ3n) is 2.50. The fourth-order valence-electron chi connectivity index (χ4n) is 1.54. The summed E-state index contributed by atoms with van der Waals surface area (Å²) < 4.78 is 1.45. The van der Waals surface area contributed by atoms with Crippen LogP contribution in [-0.2, 0) is 0 Å². The van der Waals surface area contributed by atoms with Crippen molar-refractivity contribution in [3.05, 3.63) is 46.7 Å². The molecule has 1 amide bonds. The number of nitrogens with one attached hydrogen (secondary N) is 1. The molecule has 7 heteroatoms. The lowest BCUT2D eigenvalue weighted by Crippen LogP contribution is -2.18. The third-order valence-corrected chi connectivity index (χ3v) is 2.81. The number of amides is 1. The first-order valence-corrected chi connectivity index (χ1v) is 5.71. The topological polar surface area (TPSA) is 84.2 Å². The first-order chi connectivity index (χ1) is 9.02. The molecule has 0 aliphatic heterocycles. The van der Waals surface area contributed by atoms with Gasteiger partial charge in [-0.1, -0.05) is 11.6 Å². The van der Waals surface area contributed by atoms with Crippen LogP contribution in [0, 0.1) is 0 Å². The number of aromatic carboxylic acids is 1. The van der Waals surface area contributed by atoms with Crippen LogP contribution in [0.15, 0.2) is 30.5 Å². The van der Waals surface area contributed by atoms with Gasteiger partial charge in [0, 0.05) is 13.2 Å². The van der Waals surface area contributed by atoms with E-state index in [0.29, 0.717) is 5.69 Å². The molecule has 1 aromatic heterocycles. The van der Waals surface area contributed by atoms with Crippen molar-refractivity contribution < 1.29 is 14.7 Å². The molecule has 2 N–H and O–H groups in total. The molecule has 0 unspecified atom stereocenters. The van der Waals surface area contributed by atoms with E-state index in [2.05, 4.69) is 10.4 Å². The van der Waals surface area contributed by atoms with Crippen LogP contribution in [0.4, 0.5) is 0 Å². The minimum Gasteiger partial charge on any atom is -0.478 e. The van der Waals surface area contributed by atoms with Crippen LogP contribution in [0.2, 0.25) is 5.02 Å². The van der Waals surface area contributed by atoms with Crippen LogP contribution >= 0.6 is 11.6 Å². The maximum Gasteiger partial charge on any atom is 0.337 e. The molecule has 0 saturated heterocycles. The van der Waals surface area contributed by atoms with Crippen molar-refractivity contribution in [3.8, 4) is 5.69 Å². The first kappa shape index (κ1) is 13.1. The van der Waals surface area contributed by atoms with Gasteiger partial charge in [0.15, 0.2) is 5.69 Å². The van der Waals surface area contributed by atoms with E-state index in [9.17, 15) is 9.59 Å². The Morgan fingerprint density at radius 2 is 2.11 bits per heavy atom. The Labute approximate surface area is 113 Å². The number of rotatable bonds is 3. The molecular weight excluding hydrogens is 270 g/mol. The Hall–Kier alpha value is -2.34. The number of hydrogen-bond donors (Lipinski definition) is 2. The smallest absolute Gasteiger partial charge is 0.337 e. The number of nitrogens with zero attached hydrogens (tertiary/aromatic N) is 2. The average Bonchev–Trinajstić information content (AvgIpc) is 2.86. The molecule has 0 fully saturated rings. The van der Waals surface area contributed by atoms with Gasteiger partial charge in [-0.3, -0.25) is 4.79 Å². The zero-order valence-electron chi connectivity index (χ0n) is 9.92. The number of halogens is 1. The molecule has 1 heterocycles. The van der Waals surface area contributed by atoms with Gasteiger partial charge in [0.2, 0.25) is 0 Å². The van der Waals surface area contributed by atoms with Gasteiger partial charge in [-0.15, -0.1) is 0 Å². The van der Waals surface area contributed by atoms with Crippen molar-refractivity contribution in [2.24, 2.45) is 0 Å². The Morgan fingerprint density at radius 1 is 1.37 bits per heavy atom. The number of carboxylic acid groups (broad SMARTS) is 1. The Kier molecular flexibility index (Phi) is 3.52. The monoisotopic (exact) mass is 279 g/mol. The summed E-state index contributed by atoms with van der Waals surface area (Å²) in [6.45, 7) is 0. The zero-order valence-corrected chi connectivity index (χ0v) is 10.7. The van der Waals surface area contributed by atoms with Crippen LogP contribution in [0.3, 0.4) is 0 Å². The maximum atomic E-state index is 11.4. The standard InChI is InChI=1S/C12H10ClN3O3/c1-14-11(17)10-4-5-16(15-10)7-2-3-8(12(18)19)9(13)6-7/h2-6H,1H3,(H,14,17)(H,18,19). The van der Waals surface area contributed by atoms with Crippen LogP contribution in [0.25, 0.3) is 5.69 Å². The summed E-state index contributed by atoms with van der Waals surface area (Å²) in [5.74, 6) is -1.39. The molecule has 0 bridgehead atoms. The number of aromatic nitrogens is 2. The van der Waals surface area contributed by atoms with Gasteiger partial charge in [0.1, 0.15) is 0 Å². The molecule has 1 aromatic carbocycles. The SMILES string of the molecule is CNC(=O)c1ccn(-c2ccc(C(=O)O)c(Cl)c2)n1. The van der Waals surface area contributed by atoms with Crippen molar-refractivity contribution in [1.29, 1.82) is 0 Å². The van der Waals surface area contributed by atoms with E-state index < -0.39 is 5.97 Å². The average molecular weight is 280 g/mol. The normalized spacial score (nSPS) is 10.2. The highest BCUT2D eigenvalue weighted by Crippen LogP contribution is 2.20. The Morgan fingerprint density at radius 3 is 2.68 bits per heavy atom. The van der Waals surface area contributed by atoms with Gasteiger partial charge < -0.3 is 10.4 Å². The van der Waals surface area contributed by atoms with Crippen molar-refractivity contribution in [2.75, 3.05) is 7.05 Å². The number of hydrogen-bond acceptors (Lipinski definition) is 3.